The second kappa shape index (κ2) is 6.28. The van der Waals surface area contributed by atoms with Gasteiger partial charge in [-0.2, -0.15) is 0 Å². The van der Waals surface area contributed by atoms with Gasteiger partial charge >= 0.3 is 0 Å². The predicted octanol–water partition coefficient (Wildman–Crippen LogP) is 4.01. The van der Waals surface area contributed by atoms with Crippen molar-refractivity contribution < 1.29 is 0 Å². The van der Waals surface area contributed by atoms with Crippen LogP contribution in [-0.2, 0) is 19.4 Å². The van der Waals surface area contributed by atoms with Crippen molar-refractivity contribution >= 4 is 11.4 Å². The molecular formula is C17H22N2. The summed E-state index contributed by atoms with van der Waals surface area (Å²) >= 11 is 0. The van der Waals surface area contributed by atoms with Gasteiger partial charge in [-0.15, -0.1) is 0 Å². The lowest BCUT2D eigenvalue weighted by Gasteiger charge is -2.15. The first-order chi connectivity index (χ1) is 9.24. The van der Waals surface area contributed by atoms with E-state index in [4.69, 9.17) is 5.73 Å². The molecule has 0 saturated heterocycles. The summed E-state index contributed by atoms with van der Waals surface area (Å²) < 4.78 is 0. The van der Waals surface area contributed by atoms with Crippen LogP contribution >= 0.6 is 0 Å². The number of rotatable bonds is 5. The summed E-state index contributed by atoms with van der Waals surface area (Å²) in [4.78, 5) is 0. The van der Waals surface area contributed by atoms with E-state index < -0.39 is 0 Å². The Morgan fingerprint density at radius 3 is 2.16 bits per heavy atom. The van der Waals surface area contributed by atoms with Crippen LogP contribution in [0.15, 0.2) is 42.5 Å². The second-order valence-electron chi connectivity index (χ2n) is 4.76. The highest BCUT2D eigenvalue weighted by molar-refractivity contribution is 5.58. The average Bonchev–Trinajstić information content (AvgIpc) is 2.44. The van der Waals surface area contributed by atoms with E-state index in [1.165, 1.54) is 22.4 Å². The zero-order valence-corrected chi connectivity index (χ0v) is 11.7. The van der Waals surface area contributed by atoms with Gasteiger partial charge in [0.25, 0.3) is 0 Å². The molecule has 0 aromatic heterocycles. The molecule has 0 unspecified atom stereocenters. The number of anilines is 2. The Bertz CT molecular complexity index is 524. The Morgan fingerprint density at radius 1 is 0.947 bits per heavy atom. The molecule has 0 aliphatic carbocycles. The van der Waals surface area contributed by atoms with Crippen molar-refractivity contribution in [2.45, 2.75) is 33.2 Å². The van der Waals surface area contributed by atoms with Gasteiger partial charge in [-0.1, -0.05) is 44.2 Å². The maximum Gasteiger partial charge on any atom is 0.0407 e. The van der Waals surface area contributed by atoms with Gasteiger partial charge in [0.2, 0.25) is 0 Å². The molecule has 0 heterocycles. The van der Waals surface area contributed by atoms with E-state index >= 15 is 0 Å². The van der Waals surface area contributed by atoms with Crippen LogP contribution in [0.3, 0.4) is 0 Å². The number of hydrogen-bond donors (Lipinski definition) is 2. The minimum absolute atomic E-state index is 0.815. The molecule has 0 bridgehead atoms. The number of benzene rings is 2. The maximum absolute atomic E-state index is 5.81. The van der Waals surface area contributed by atoms with Crippen molar-refractivity contribution in [2.24, 2.45) is 0 Å². The Balaban J connectivity index is 2.19. The average molecular weight is 254 g/mol. The van der Waals surface area contributed by atoms with Crippen LogP contribution in [0.25, 0.3) is 0 Å². The Labute approximate surface area is 115 Å². The van der Waals surface area contributed by atoms with Crippen LogP contribution in [0.1, 0.15) is 30.5 Å². The van der Waals surface area contributed by atoms with E-state index in [0.29, 0.717) is 0 Å². The zero-order chi connectivity index (χ0) is 13.7. The smallest absolute Gasteiger partial charge is 0.0407 e. The highest BCUT2D eigenvalue weighted by Gasteiger charge is 2.05. The third-order valence-electron chi connectivity index (χ3n) is 3.42. The fourth-order valence-electron chi connectivity index (χ4n) is 2.36. The molecule has 3 N–H and O–H groups in total. The maximum atomic E-state index is 5.81. The summed E-state index contributed by atoms with van der Waals surface area (Å²) in [5, 5.41) is 3.57. The lowest BCUT2D eigenvalue weighted by Crippen LogP contribution is -2.05. The molecule has 2 nitrogen and oxygen atoms in total. The Hall–Kier alpha value is -1.96. The largest absolute Gasteiger partial charge is 0.399 e. The molecular weight excluding hydrogens is 232 g/mol. The molecule has 0 aliphatic rings. The van der Waals surface area contributed by atoms with Crippen LogP contribution < -0.4 is 11.1 Å². The molecule has 0 aliphatic heterocycles. The highest BCUT2D eigenvalue weighted by atomic mass is 14.9. The summed E-state index contributed by atoms with van der Waals surface area (Å²) in [6, 6.07) is 14.6. The van der Waals surface area contributed by atoms with Crippen LogP contribution in [0.2, 0.25) is 0 Å². The minimum Gasteiger partial charge on any atom is -0.399 e. The molecule has 2 aromatic carbocycles. The molecule has 0 atom stereocenters. The van der Waals surface area contributed by atoms with E-state index in [-0.39, 0.29) is 0 Å². The summed E-state index contributed by atoms with van der Waals surface area (Å²) in [5.74, 6) is 0. The lowest BCUT2D eigenvalue weighted by molar-refractivity contribution is 1.05. The number of nitrogens with one attached hydrogen (secondary N) is 1. The number of hydrogen-bond acceptors (Lipinski definition) is 2. The first kappa shape index (κ1) is 13.5. The summed E-state index contributed by atoms with van der Waals surface area (Å²) in [6.45, 7) is 5.20. The predicted molar refractivity (Wildman–Crippen MR) is 83.4 cm³/mol. The van der Waals surface area contributed by atoms with Gasteiger partial charge in [0.1, 0.15) is 0 Å². The van der Waals surface area contributed by atoms with Gasteiger partial charge in [-0.3, -0.25) is 0 Å². The standard InChI is InChI=1S/C17H22N2/c1-3-14-8-6-9-15(4-2)17(14)19-12-13-7-5-10-16(18)11-13/h5-11,19H,3-4,12,18H2,1-2H3. The van der Waals surface area contributed by atoms with E-state index in [2.05, 4.69) is 43.4 Å². The normalized spacial score (nSPS) is 10.4. The third-order valence-corrected chi connectivity index (χ3v) is 3.42. The number of aryl methyl sites for hydroxylation is 2. The molecule has 0 saturated carbocycles. The first-order valence-corrected chi connectivity index (χ1v) is 6.93. The summed E-state index contributed by atoms with van der Waals surface area (Å²) in [6.07, 6.45) is 2.10. The summed E-state index contributed by atoms with van der Waals surface area (Å²) in [5.41, 5.74) is 11.9. The SMILES string of the molecule is CCc1cccc(CC)c1NCc1cccc(N)c1. The van der Waals surface area contributed by atoms with Gasteiger partial charge < -0.3 is 11.1 Å². The van der Waals surface area contributed by atoms with Crippen LogP contribution in [-0.4, -0.2) is 0 Å². The molecule has 2 aromatic rings. The van der Waals surface area contributed by atoms with Crippen molar-refractivity contribution in [3.63, 3.8) is 0 Å². The monoisotopic (exact) mass is 254 g/mol. The van der Waals surface area contributed by atoms with Crippen molar-refractivity contribution in [3.8, 4) is 0 Å². The quantitative estimate of drug-likeness (QED) is 0.791. The van der Waals surface area contributed by atoms with Crippen molar-refractivity contribution in [3.05, 3.63) is 59.2 Å². The molecule has 100 valence electrons. The van der Waals surface area contributed by atoms with Gasteiger partial charge in [0.05, 0.1) is 0 Å². The lowest BCUT2D eigenvalue weighted by atomic mass is 10.0. The number of nitrogens with two attached hydrogens (primary N) is 1. The Kier molecular flexibility index (Phi) is 4.45. The van der Waals surface area contributed by atoms with E-state index in [1.54, 1.807) is 0 Å². The van der Waals surface area contributed by atoms with Gasteiger partial charge in [0.15, 0.2) is 0 Å². The van der Waals surface area contributed by atoms with E-state index in [1.807, 2.05) is 18.2 Å². The molecule has 0 spiro atoms. The third kappa shape index (κ3) is 3.28. The van der Waals surface area contributed by atoms with Crippen LogP contribution in [0, 0.1) is 0 Å². The highest BCUT2D eigenvalue weighted by Crippen LogP contribution is 2.23. The molecule has 0 amide bonds. The summed E-state index contributed by atoms with van der Waals surface area (Å²) in [7, 11) is 0. The minimum atomic E-state index is 0.815. The molecule has 2 rings (SSSR count). The van der Waals surface area contributed by atoms with Crippen molar-refractivity contribution in [2.75, 3.05) is 11.1 Å². The fourth-order valence-corrected chi connectivity index (χ4v) is 2.36. The molecule has 2 heteroatoms. The van der Waals surface area contributed by atoms with E-state index in [0.717, 1.165) is 25.1 Å². The van der Waals surface area contributed by atoms with Crippen molar-refractivity contribution in [1.29, 1.82) is 0 Å². The Morgan fingerprint density at radius 2 is 1.58 bits per heavy atom. The van der Waals surface area contributed by atoms with Gasteiger partial charge in [0, 0.05) is 17.9 Å². The van der Waals surface area contributed by atoms with Crippen LogP contribution in [0.5, 0.6) is 0 Å². The van der Waals surface area contributed by atoms with Crippen LogP contribution in [0.4, 0.5) is 11.4 Å². The topological polar surface area (TPSA) is 38.0 Å². The van der Waals surface area contributed by atoms with E-state index in [9.17, 15) is 0 Å². The number of para-hydroxylation sites is 1. The first-order valence-electron chi connectivity index (χ1n) is 6.93. The zero-order valence-electron chi connectivity index (χ0n) is 11.7. The van der Waals surface area contributed by atoms with Crippen molar-refractivity contribution in [1.82, 2.24) is 0 Å². The fraction of sp³-hybridized carbons (Fsp3) is 0.294. The van der Waals surface area contributed by atoms with Gasteiger partial charge in [-0.05, 0) is 41.7 Å². The molecule has 0 radical (unpaired) electrons. The number of nitrogen functional groups attached to an aromatic ring is 1. The van der Waals surface area contributed by atoms with Gasteiger partial charge in [-0.25, -0.2) is 0 Å². The second-order valence-corrected chi connectivity index (χ2v) is 4.76. The molecule has 19 heavy (non-hydrogen) atoms. The molecule has 0 fully saturated rings.